The van der Waals surface area contributed by atoms with Crippen LogP contribution in [0.3, 0.4) is 0 Å². The molecule has 4 aliphatic rings. The van der Waals surface area contributed by atoms with Crippen LogP contribution in [0.5, 0.6) is 11.5 Å². The Balaban J connectivity index is 1.49. The monoisotopic (exact) mass is 585 g/mol. The minimum absolute atomic E-state index is 0.0419. The lowest BCUT2D eigenvalue weighted by Crippen LogP contribution is -2.55. The summed E-state index contributed by atoms with van der Waals surface area (Å²) in [5.74, 6) is -4.29. The van der Waals surface area contributed by atoms with Gasteiger partial charge in [0.1, 0.15) is 18.6 Å². The molecule has 1 aromatic rings. The molecule has 0 bridgehead atoms. The van der Waals surface area contributed by atoms with Crippen molar-refractivity contribution >= 4 is 0 Å². The number of rotatable bonds is 9. The van der Waals surface area contributed by atoms with Crippen molar-refractivity contribution in [2.75, 3.05) is 39.5 Å². The Bertz CT molecular complexity index is 1210. The number of likely N-dealkylation sites (tertiary alicyclic amines) is 1. The second-order valence-corrected chi connectivity index (χ2v) is 12.5. The van der Waals surface area contributed by atoms with Crippen LogP contribution in [-0.2, 0) is 6.42 Å². The molecule has 1 saturated heterocycles. The van der Waals surface area contributed by atoms with Crippen LogP contribution < -0.4 is 14.8 Å². The summed E-state index contributed by atoms with van der Waals surface area (Å²) in [5, 5.41) is 12.6. The van der Waals surface area contributed by atoms with Gasteiger partial charge in [0.2, 0.25) is 5.79 Å². The normalized spacial score (nSPS) is 31.6. The maximum Gasteiger partial charge on any atom is 0.283 e. The molecule has 2 unspecified atom stereocenters. The van der Waals surface area contributed by atoms with Gasteiger partial charge in [0.25, 0.3) is 5.92 Å². The largest absolute Gasteiger partial charge is 0.449 e. The Hall–Kier alpha value is -2.37. The Kier molecular flexibility index (Phi) is 8.10. The summed E-state index contributed by atoms with van der Waals surface area (Å²) < 4.78 is 86.4. The van der Waals surface area contributed by atoms with Crippen LogP contribution in [0.1, 0.15) is 57.7 Å². The topological polar surface area (TPSA) is 57.2 Å². The molecule has 6 nitrogen and oxygen atoms in total. The number of aliphatic hydroxyl groups is 1. The second-order valence-electron chi connectivity index (χ2n) is 12.5. The highest BCUT2D eigenvalue weighted by Gasteiger charge is 2.55. The number of hydrogen-bond donors (Lipinski definition) is 2. The zero-order valence-electron chi connectivity index (χ0n) is 24.0. The van der Waals surface area contributed by atoms with Crippen LogP contribution in [0.25, 0.3) is 0 Å². The predicted molar refractivity (Wildman–Crippen MR) is 145 cm³/mol. The number of allylic oxidation sites excluding steroid dienone is 2. The van der Waals surface area contributed by atoms with Crippen molar-refractivity contribution in [3.05, 3.63) is 46.9 Å². The first kappa shape index (κ1) is 30.1. The first-order valence-electron chi connectivity index (χ1n) is 14.3. The van der Waals surface area contributed by atoms with E-state index in [0.717, 1.165) is 18.5 Å². The molecule has 1 fully saturated rings. The zero-order valence-corrected chi connectivity index (χ0v) is 24.0. The van der Waals surface area contributed by atoms with Crippen LogP contribution >= 0.6 is 0 Å². The van der Waals surface area contributed by atoms with Crippen LogP contribution in [0.15, 0.2) is 35.8 Å². The standard InChI is InChI=1S/C30H40F5N3O3/c1-18-10-19-11-23-24(41-28(2,3)40-23)14-22(19)27(38(18)16-30(34,35)17-39)29(4)25(32)12-21(13-26(29)33)36-20-6-9-37(15-20)8-5-7-31/h11-14,18,20,25,27,36,39H,5-10,15-17H2,1-4H3/t18-,20+,25?,27+,29?/m1/s1. The quantitative estimate of drug-likeness (QED) is 0.388. The Morgan fingerprint density at radius 2 is 1.88 bits per heavy atom. The van der Waals surface area contributed by atoms with Gasteiger partial charge in [-0.15, -0.1) is 0 Å². The maximum atomic E-state index is 16.4. The minimum Gasteiger partial charge on any atom is -0.449 e. The molecular formula is C30H40F5N3O3. The van der Waals surface area contributed by atoms with Gasteiger partial charge in [0.15, 0.2) is 11.5 Å². The molecular weight excluding hydrogens is 545 g/mol. The molecule has 5 atom stereocenters. The highest BCUT2D eigenvalue weighted by atomic mass is 19.3. The summed E-state index contributed by atoms with van der Waals surface area (Å²) in [6, 6.07) is 1.77. The van der Waals surface area contributed by atoms with E-state index in [4.69, 9.17) is 9.47 Å². The third kappa shape index (κ3) is 5.82. The summed E-state index contributed by atoms with van der Waals surface area (Å²) in [4.78, 5) is 3.53. The molecule has 2 N–H and O–H groups in total. The van der Waals surface area contributed by atoms with Gasteiger partial charge in [-0.05, 0) is 68.5 Å². The molecule has 41 heavy (non-hydrogen) atoms. The molecule has 0 amide bonds. The van der Waals surface area contributed by atoms with Crippen LogP contribution in [0, 0.1) is 5.41 Å². The number of fused-ring (bicyclic) bond motifs is 2. The Labute approximate surface area is 238 Å². The van der Waals surface area contributed by atoms with Gasteiger partial charge in [-0.1, -0.05) is 0 Å². The van der Waals surface area contributed by atoms with E-state index >= 15 is 8.78 Å². The Morgan fingerprint density at radius 3 is 2.54 bits per heavy atom. The molecule has 1 aliphatic carbocycles. The summed E-state index contributed by atoms with van der Waals surface area (Å²) >= 11 is 0. The number of aliphatic hydroxyl groups excluding tert-OH is 1. The molecule has 5 rings (SSSR count). The molecule has 0 radical (unpaired) electrons. The number of benzene rings is 1. The van der Waals surface area contributed by atoms with E-state index in [9.17, 15) is 18.3 Å². The SMILES string of the molecule is C[C@@H]1Cc2cc3c(cc2[C@@H](C2(C)C(F)=CC(N[C@H]4CCN(CCCF)C4)=CC2F)N1CC(F)(F)CO)OC(C)(C)O3. The lowest BCUT2D eigenvalue weighted by Gasteiger charge is -2.51. The molecule has 228 valence electrons. The van der Waals surface area contributed by atoms with E-state index < -0.39 is 54.4 Å². The lowest BCUT2D eigenvalue weighted by atomic mass is 9.67. The molecule has 0 aromatic heterocycles. The van der Waals surface area contributed by atoms with Gasteiger partial charge in [-0.2, -0.15) is 0 Å². The number of alkyl halides is 4. The first-order valence-corrected chi connectivity index (χ1v) is 14.3. The molecule has 3 heterocycles. The third-order valence-electron chi connectivity index (χ3n) is 8.78. The van der Waals surface area contributed by atoms with Crippen molar-refractivity contribution in [1.29, 1.82) is 0 Å². The van der Waals surface area contributed by atoms with Crippen molar-refractivity contribution in [3.8, 4) is 11.5 Å². The number of hydrogen-bond acceptors (Lipinski definition) is 6. The third-order valence-corrected chi connectivity index (χ3v) is 8.78. The van der Waals surface area contributed by atoms with E-state index in [1.54, 1.807) is 32.9 Å². The number of nitrogens with zero attached hydrogens (tertiary/aromatic N) is 2. The number of ether oxygens (including phenoxy) is 2. The van der Waals surface area contributed by atoms with Gasteiger partial charge >= 0.3 is 0 Å². The van der Waals surface area contributed by atoms with Gasteiger partial charge in [-0.25, -0.2) is 17.6 Å². The van der Waals surface area contributed by atoms with Gasteiger partial charge < -0.3 is 24.8 Å². The minimum atomic E-state index is -3.47. The van der Waals surface area contributed by atoms with E-state index in [-0.39, 0.29) is 12.7 Å². The van der Waals surface area contributed by atoms with Gasteiger partial charge in [-0.3, -0.25) is 9.29 Å². The van der Waals surface area contributed by atoms with Gasteiger partial charge in [0.05, 0.1) is 24.7 Å². The molecule has 0 saturated carbocycles. The highest BCUT2D eigenvalue weighted by Crippen LogP contribution is 2.56. The smallest absolute Gasteiger partial charge is 0.283 e. The van der Waals surface area contributed by atoms with E-state index in [2.05, 4.69) is 10.2 Å². The maximum absolute atomic E-state index is 16.4. The number of nitrogens with one attached hydrogen (secondary N) is 1. The Morgan fingerprint density at radius 1 is 1.17 bits per heavy atom. The first-order chi connectivity index (χ1) is 19.3. The predicted octanol–water partition coefficient (Wildman–Crippen LogP) is 5.23. The highest BCUT2D eigenvalue weighted by molar-refractivity contribution is 5.53. The molecule has 11 heteroatoms. The van der Waals surface area contributed by atoms with E-state index in [1.807, 2.05) is 0 Å². The van der Waals surface area contributed by atoms with Crippen LogP contribution in [0.2, 0.25) is 0 Å². The second kappa shape index (κ2) is 11.0. The van der Waals surface area contributed by atoms with E-state index in [0.29, 0.717) is 48.7 Å². The average Bonchev–Trinajstić information content (AvgIpc) is 3.46. The van der Waals surface area contributed by atoms with Crippen molar-refractivity contribution in [2.45, 2.75) is 83.0 Å². The van der Waals surface area contributed by atoms with Crippen molar-refractivity contribution in [3.63, 3.8) is 0 Å². The van der Waals surface area contributed by atoms with Crippen LogP contribution in [-0.4, -0.2) is 84.3 Å². The fraction of sp³-hybridized carbons (Fsp3) is 0.667. The molecule has 0 spiro atoms. The summed E-state index contributed by atoms with van der Waals surface area (Å²) in [5.41, 5.74) is -0.297. The fourth-order valence-electron chi connectivity index (χ4n) is 6.71. The number of halogens is 5. The van der Waals surface area contributed by atoms with E-state index in [1.165, 1.54) is 24.0 Å². The summed E-state index contributed by atoms with van der Waals surface area (Å²) in [6.45, 7) is 6.07. The van der Waals surface area contributed by atoms with Crippen molar-refractivity contribution in [1.82, 2.24) is 15.1 Å². The van der Waals surface area contributed by atoms with Crippen molar-refractivity contribution in [2.24, 2.45) is 5.41 Å². The van der Waals surface area contributed by atoms with Gasteiger partial charge in [0, 0.05) is 51.3 Å². The summed E-state index contributed by atoms with van der Waals surface area (Å²) in [7, 11) is 0. The van der Waals surface area contributed by atoms with Crippen molar-refractivity contribution < 1.29 is 36.5 Å². The average molecular weight is 586 g/mol. The lowest BCUT2D eigenvalue weighted by molar-refractivity contribution is -0.106. The fourth-order valence-corrected chi connectivity index (χ4v) is 6.71. The van der Waals surface area contributed by atoms with Crippen LogP contribution in [0.4, 0.5) is 22.0 Å². The molecule has 3 aliphatic heterocycles. The molecule has 1 aromatic carbocycles. The zero-order chi connectivity index (χ0) is 29.7. The summed E-state index contributed by atoms with van der Waals surface area (Å²) in [6.07, 6.45) is 2.29.